The van der Waals surface area contributed by atoms with E-state index in [4.69, 9.17) is 0 Å². The summed E-state index contributed by atoms with van der Waals surface area (Å²) in [5.74, 6) is 0.0543. The van der Waals surface area contributed by atoms with E-state index in [0.717, 1.165) is 38.0 Å². The topological polar surface area (TPSA) is 44.4 Å². The summed E-state index contributed by atoms with van der Waals surface area (Å²) >= 11 is 0. The molecule has 108 valence electrons. The molecule has 1 atom stereocenters. The molecule has 0 radical (unpaired) electrons. The van der Waals surface area contributed by atoms with Crippen LogP contribution in [-0.2, 0) is 6.42 Å². The van der Waals surface area contributed by atoms with E-state index < -0.39 is 0 Å². The van der Waals surface area contributed by atoms with Crippen molar-refractivity contribution in [3.63, 3.8) is 0 Å². The van der Waals surface area contributed by atoms with Crippen molar-refractivity contribution in [3.8, 4) is 0 Å². The van der Waals surface area contributed by atoms with Gasteiger partial charge in [0.25, 0.3) is 5.91 Å². The molecule has 0 aromatic heterocycles. The average molecular weight is 273 g/mol. The Hall–Kier alpha value is -1.55. The van der Waals surface area contributed by atoms with Gasteiger partial charge in [0.2, 0.25) is 0 Å². The van der Waals surface area contributed by atoms with Crippen LogP contribution in [-0.4, -0.2) is 43.5 Å². The highest BCUT2D eigenvalue weighted by molar-refractivity contribution is 5.95. The van der Waals surface area contributed by atoms with Gasteiger partial charge in [-0.15, -0.1) is 0 Å². The lowest BCUT2D eigenvalue weighted by atomic mass is 10.0. The summed E-state index contributed by atoms with van der Waals surface area (Å²) in [6.45, 7) is 2.93. The van der Waals surface area contributed by atoms with Crippen LogP contribution in [0.5, 0.6) is 0 Å². The van der Waals surface area contributed by atoms with Gasteiger partial charge in [0.1, 0.15) is 0 Å². The van der Waals surface area contributed by atoms with Gasteiger partial charge in [-0.1, -0.05) is 0 Å². The van der Waals surface area contributed by atoms with Crippen molar-refractivity contribution in [1.82, 2.24) is 10.2 Å². The minimum absolute atomic E-state index is 0.0543. The molecule has 1 unspecified atom stereocenters. The van der Waals surface area contributed by atoms with E-state index in [1.165, 1.54) is 24.1 Å². The third-order valence-electron chi connectivity index (χ3n) is 4.48. The molecule has 2 heterocycles. The maximum absolute atomic E-state index is 12.2. The Morgan fingerprint density at radius 3 is 3.15 bits per heavy atom. The minimum Gasteiger partial charge on any atom is -0.385 e. The maximum atomic E-state index is 12.2. The number of rotatable bonds is 3. The smallest absolute Gasteiger partial charge is 0.251 e. The number of likely N-dealkylation sites (tertiary alicyclic amines) is 1. The molecular weight excluding hydrogens is 250 g/mol. The van der Waals surface area contributed by atoms with Gasteiger partial charge in [0.05, 0.1) is 0 Å². The van der Waals surface area contributed by atoms with Crippen molar-refractivity contribution < 1.29 is 4.79 Å². The Kier molecular flexibility index (Phi) is 3.92. The zero-order chi connectivity index (χ0) is 13.9. The number of fused-ring (bicyclic) bond motifs is 1. The molecule has 20 heavy (non-hydrogen) atoms. The van der Waals surface area contributed by atoms with Gasteiger partial charge >= 0.3 is 0 Å². The highest BCUT2D eigenvalue weighted by atomic mass is 16.1. The Labute approximate surface area is 120 Å². The lowest BCUT2D eigenvalue weighted by Gasteiger charge is -2.21. The van der Waals surface area contributed by atoms with Gasteiger partial charge in [-0.3, -0.25) is 4.79 Å². The third-order valence-corrected chi connectivity index (χ3v) is 4.48. The van der Waals surface area contributed by atoms with Crippen LogP contribution in [0.1, 0.15) is 35.2 Å². The fourth-order valence-electron chi connectivity index (χ4n) is 3.17. The van der Waals surface area contributed by atoms with Gasteiger partial charge < -0.3 is 15.5 Å². The van der Waals surface area contributed by atoms with Crippen molar-refractivity contribution in [2.24, 2.45) is 0 Å². The van der Waals surface area contributed by atoms with Crippen LogP contribution in [0.3, 0.4) is 0 Å². The van der Waals surface area contributed by atoms with Crippen molar-refractivity contribution in [2.75, 3.05) is 32.0 Å². The number of likely N-dealkylation sites (N-methyl/N-ethyl adjacent to an activating group) is 1. The van der Waals surface area contributed by atoms with Crippen molar-refractivity contribution in [2.45, 2.75) is 31.7 Å². The van der Waals surface area contributed by atoms with Crippen LogP contribution in [0.4, 0.5) is 5.69 Å². The summed E-state index contributed by atoms with van der Waals surface area (Å²) in [4.78, 5) is 14.6. The van der Waals surface area contributed by atoms with Crippen LogP contribution in [0.25, 0.3) is 0 Å². The molecule has 0 saturated carbocycles. The van der Waals surface area contributed by atoms with E-state index in [-0.39, 0.29) is 5.91 Å². The Morgan fingerprint density at radius 1 is 1.45 bits per heavy atom. The maximum Gasteiger partial charge on any atom is 0.251 e. The minimum atomic E-state index is 0.0543. The Balaban J connectivity index is 1.62. The van der Waals surface area contributed by atoms with E-state index in [2.05, 4.69) is 22.6 Å². The molecule has 1 aromatic rings. The number of carbonyl (C=O) groups excluding carboxylic acids is 1. The standard InChI is InChI=1S/C16H23N3O/c1-19-9-3-5-14(19)11-18-16(20)13-6-7-15-12(10-13)4-2-8-17-15/h6-7,10,14,17H,2-5,8-9,11H2,1H3,(H,18,20). The summed E-state index contributed by atoms with van der Waals surface area (Å²) in [6, 6.07) is 6.49. The van der Waals surface area contributed by atoms with Gasteiger partial charge in [-0.25, -0.2) is 0 Å². The van der Waals surface area contributed by atoms with Gasteiger partial charge in [0.15, 0.2) is 0 Å². The number of amides is 1. The molecule has 1 aromatic carbocycles. The van der Waals surface area contributed by atoms with E-state index in [9.17, 15) is 4.79 Å². The molecular formula is C16H23N3O. The molecule has 4 heteroatoms. The number of aryl methyl sites for hydroxylation is 1. The molecule has 3 rings (SSSR count). The highest BCUT2D eigenvalue weighted by Gasteiger charge is 2.21. The number of nitrogens with zero attached hydrogens (tertiary/aromatic N) is 1. The predicted octanol–water partition coefficient (Wildman–Crippen LogP) is 1.87. The first-order valence-electron chi connectivity index (χ1n) is 7.59. The number of carbonyl (C=O) groups is 1. The number of hydrogen-bond donors (Lipinski definition) is 2. The monoisotopic (exact) mass is 273 g/mol. The highest BCUT2D eigenvalue weighted by Crippen LogP contribution is 2.23. The van der Waals surface area contributed by atoms with E-state index in [0.29, 0.717) is 6.04 Å². The molecule has 0 bridgehead atoms. The fourth-order valence-corrected chi connectivity index (χ4v) is 3.17. The summed E-state index contributed by atoms with van der Waals surface area (Å²) in [5.41, 5.74) is 3.23. The van der Waals surface area contributed by atoms with E-state index in [1.807, 2.05) is 18.2 Å². The second-order valence-electron chi connectivity index (χ2n) is 5.89. The van der Waals surface area contributed by atoms with Gasteiger partial charge in [-0.05, 0) is 63.0 Å². The van der Waals surface area contributed by atoms with Crippen LogP contribution in [0.15, 0.2) is 18.2 Å². The first kappa shape index (κ1) is 13.4. The number of nitrogens with one attached hydrogen (secondary N) is 2. The molecule has 2 aliphatic rings. The van der Waals surface area contributed by atoms with E-state index >= 15 is 0 Å². The van der Waals surface area contributed by atoms with Crippen LogP contribution < -0.4 is 10.6 Å². The van der Waals surface area contributed by atoms with Crippen molar-refractivity contribution in [3.05, 3.63) is 29.3 Å². The second kappa shape index (κ2) is 5.83. The largest absolute Gasteiger partial charge is 0.385 e. The second-order valence-corrected chi connectivity index (χ2v) is 5.89. The first-order chi connectivity index (χ1) is 9.74. The van der Waals surface area contributed by atoms with Crippen molar-refractivity contribution >= 4 is 11.6 Å². The van der Waals surface area contributed by atoms with E-state index in [1.54, 1.807) is 0 Å². The molecule has 1 fully saturated rings. The molecule has 0 aliphatic carbocycles. The SMILES string of the molecule is CN1CCCC1CNC(=O)c1ccc2c(c1)CCCN2. The quantitative estimate of drug-likeness (QED) is 0.883. The van der Waals surface area contributed by atoms with Crippen LogP contribution >= 0.6 is 0 Å². The summed E-state index contributed by atoms with van der Waals surface area (Å²) < 4.78 is 0. The lowest BCUT2D eigenvalue weighted by molar-refractivity contribution is 0.0943. The fraction of sp³-hybridized carbons (Fsp3) is 0.562. The summed E-state index contributed by atoms with van der Waals surface area (Å²) in [5, 5.41) is 6.45. The molecule has 0 spiro atoms. The molecule has 4 nitrogen and oxygen atoms in total. The Bertz CT molecular complexity index is 500. The normalized spacial score (nSPS) is 22.1. The third kappa shape index (κ3) is 2.80. The first-order valence-corrected chi connectivity index (χ1v) is 7.59. The van der Waals surface area contributed by atoms with Crippen molar-refractivity contribution in [1.29, 1.82) is 0 Å². The Morgan fingerprint density at radius 2 is 2.35 bits per heavy atom. The lowest BCUT2D eigenvalue weighted by Crippen LogP contribution is -2.38. The van der Waals surface area contributed by atoms with Gasteiger partial charge in [0, 0.05) is 30.4 Å². The number of benzene rings is 1. The van der Waals surface area contributed by atoms with Crippen LogP contribution in [0, 0.1) is 0 Å². The number of anilines is 1. The number of hydrogen-bond acceptors (Lipinski definition) is 3. The molecule has 2 N–H and O–H groups in total. The molecule has 2 aliphatic heterocycles. The molecule has 1 amide bonds. The average Bonchev–Trinajstić information content (AvgIpc) is 2.89. The van der Waals surface area contributed by atoms with Crippen LogP contribution in [0.2, 0.25) is 0 Å². The van der Waals surface area contributed by atoms with Gasteiger partial charge in [-0.2, -0.15) is 0 Å². The molecule has 1 saturated heterocycles. The zero-order valence-corrected chi connectivity index (χ0v) is 12.1. The zero-order valence-electron chi connectivity index (χ0n) is 12.1. The summed E-state index contributed by atoms with van der Waals surface area (Å²) in [7, 11) is 2.13. The summed E-state index contributed by atoms with van der Waals surface area (Å²) in [6.07, 6.45) is 4.63. The predicted molar refractivity (Wildman–Crippen MR) is 81.2 cm³/mol.